The molecule has 0 bridgehead atoms. The molecule has 2 saturated heterocycles. The van der Waals surface area contributed by atoms with E-state index in [1.165, 1.54) is 24.0 Å². The van der Waals surface area contributed by atoms with E-state index in [4.69, 9.17) is 18.9 Å². The van der Waals surface area contributed by atoms with Crippen molar-refractivity contribution in [3.8, 4) is 5.75 Å². The number of hydrogen-bond acceptors (Lipinski definition) is 10. The summed E-state index contributed by atoms with van der Waals surface area (Å²) in [6, 6.07) is 33.0. The molecule has 17 heteroatoms. The molecule has 1 aromatic heterocycles. The Labute approximate surface area is 399 Å². The first-order valence-corrected chi connectivity index (χ1v) is 22.8. The highest BCUT2D eigenvalue weighted by molar-refractivity contribution is 6.11. The molecule has 8 rings (SSSR count). The quantitative estimate of drug-likeness (QED) is 0.0739. The van der Waals surface area contributed by atoms with Gasteiger partial charge in [0.05, 0.1) is 31.9 Å². The van der Waals surface area contributed by atoms with Crippen LogP contribution in [0.4, 0.5) is 21.0 Å². The SMILES string of the molecule is COCCOc1cccc(Cn2c3cc(NC(=O)[C@@H]4CCCN4C(=O)[C@H](NC(=O)OC)c4ccccc4)ccc3c3ccc(NC(=O)[C@@H]4CCCN4C(=O)[C@H](NC(=O)OC)c4ccccc4)cc32)c1. The molecular formula is C52H55N7O10. The summed E-state index contributed by atoms with van der Waals surface area (Å²) in [5.74, 6) is -0.903. The highest BCUT2D eigenvalue weighted by Crippen LogP contribution is 2.35. The Hall–Kier alpha value is -7.92. The average Bonchev–Trinajstić information content (AvgIpc) is 4.14. The van der Waals surface area contributed by atoms with Crippen molar-refractivity contribution in [3.05, 3.63) is 138 Å². The number of anilines is 2. The number of carbonyl (C=O) groups excluding carboxylic acids is 6. The van der Waals surface area contributed by atoms with Crippen molar-refractivity contribution in [1.82, 2.24) is 25.0 Å². The first kappa shape index (κ1) is 47.6. The molecule has 2 fully saturated rings. The van der Waals surface area contributed by atoms with Crippen molar-refractivity contribution in [1.29, 1.82) is 0 Å². The zero-order valence-electron chi connectivity index (χ0n) is 38.6. The van der Waals surface area contributed by atoms with Crippen molar-refractivity contribution in [2.24, 2.45) is 0 Å². The average molecular weight is 938 g/mol. The van der Waals surface area contributed by atoms with E-state index >= 15 is 0 Å². The lowest BCUT2D eigenvalue weighted by atomic mass is 10.0. The summed E-state index contributed by atoms with van der Waals surface area (Å²) in [4.78, 5) is 84.2. The molecule has 0 unspecified atom stereocenters. The van der Waals surface area contributed by atoms with Crippen LogP contribution in [0.15, 0.2) is 121 Å². The number of hydrogen-bond donors (Lipinski definition) is 4. The Morgan fingerprint density at radius 3 is 1.54 bits per heavy atom. The van der Waals surface area contributed by atoms with Crippen molar-refractivity contribution >= 4 is 69.0 Å². The van der Waals surface area contributed by atoms with Gasteiger partial charge in [-0.2, -0.15) is 0 Å². The van der Waals surface area contributed by atoms with Crippen molar-refractivity contribution in [2.45, 2.75) is 56.4 Å². The van der Waals surface area contributed by atoms with Gasteiger partial charge < -0.3 is 54.6 Å². The zero-order chi connectivity index (χ0) is 48.4. The van der Waals surface area contributed by atoms with E-state index in [1.807, 2.05) is 72.8 Å². The molecule has 358 valence electrons. The fraction of sp³-hybridized carbons (Fsp3) is 0.308. The number of ether oxygens (including phenoxy) is 4. The lowest BCUT2D eigenvalue weighted by Crippen LogP contribution is -2.48. The molecule has 2 aliphatic heterocycles. The lowest BCUT2D eigenvalue weighted by Gasteiger charge is -2.28. The number of nitrogens with zero attached hydrogens (tertiary/aromatic N) is 3. The van der Waals surface area contributed by atoms with Crippen molar-refractivity contribution < 1.29 is 47.7 Å². The highest BCUT2D eigenvalue weighted by atomic mass is 16.5. The summed E-state index contributed by atoms with van der Waals surface area (Å²) in [7, 11) is 4.06. The van der Waals surface area contributed by atoms with Gasteiger partial charge in [-0.25, -0.2) is 9.59 Å². The Balaban J connectivity index is 1.08. The number of amides is 6. The minimum absolute atomic E-state index is 0.333. The molecule has 0 spiro atoms. The van der Waals surface area contributed by atoms with Gasteiger partial charge in [0.2, 0.25) is 11.8 Å². The molecule has 6 amide bonds. The van der Waals surface area contributed by atoms with Gasteiger partial charge in [0.1, 0.15) is 36.5 Å². The summed E-state index contributed by atoms with van der Waals surface area (Å²) >= 11 is 0. The first-order chi connectivity index (χ1) is 33.6. The van der Waals surface area contributed by atoms with Crippen LogP contribution in [0, 0.1) is 0 Å². The predicted molar refractivity (Wildman–Crippen MR) is 259 cm³/mol. The zero-order valence-corrected chi connectivity index (χ0v) is 38.6. The van der Waals surface area contributed by atoms with Crippen LogP contribution in [0.5, 0.6) is 5.75 Å². The number of alkyl carbamates (subject to hydrolysis) is 2. The fourth-order valence-electron chi connectivity index (χ4n) is 9.19. The summed E-state index contributed by atoms with van der Waals surface area (Å²) in [5, 5.41) is 13.2. The van der Waals surface area contributed by atoms with Crippen molar-refractivity contribution in [2.75, 3.05) is 58.3 Å². The Morgan fingerprint density at radius 2 is 1.07 bits per heavy atom. The molecule has 4 atom stereocenters. The molecule has 5 aromatic carbocycles. The van der Waals surface area contributed by atoms with Gasteiger partial charge in [-0.3, -0.25) is 19.2 Å². The topological polar surface area (TPSA) is 199 Å². The highest BCUT2D eigenvalue weighted by Gasteiger charge is 2.40. The smallest absolute Gasteiger partial charge is 0.407 e. The first-order valence-electron chi connectivity index (χ1n) is 22.8. The van der Waals surface area contributed by atoms with Gasteiger partial charge >= 0.3 is 12.2 Å². The number of benzene rings is 5. The van der Waals surface area contributed by atoms with Gasteiger partial charge in [0.15, 0.2) is 0 Å². The Kier molecular flexibility index (Phi) is 15.0. The summed E-state index contributed by atoms with van der Waals surface area (Å²) in [6.45, 7) is 1.85. The summed E-state index contributed by atoms with van der Waals surface area (Å²) in [6.07, 6.45) is 0.526. The summed E-state index contributed by atoms with van der Waals surface area (Å²) < 4.78 is 22.9. The second kappa shape index (κ2) is 21.8. The van der Waals surface area contributed by atoms with Crippen LogP contribution in [-0.4, -0.2) is 110 Å². The van der Waals surface area contributed by atoms with Crippen LogP contribution >= 0.6 is 0 Å². The third-order valence-corrected chi connectivity index (χ3v) is 12.5. The minimum Gasteiger partial charge on any atom is -0.491 e. The van der Waals surface area contributed by atoms with Gasteiger partial charge in [-0.1, -0.05) is 84.9 Å². The number of likely N-dealkylation sites (tertiary alicyclic amines) is 2. The number of carbonyl (C=O) groups is 6. The maximum atomic E-state index is 14.2. The van der Waals surface area contributed by atoms with E-state index in [2.05, 4.69) is 25.8 Å². The number of methoxy groups -OCH3 is 3. The standard InChI is InChI=1S/C52H55N7O10/c1-66-27-28-69-38-18-10-13-33(29-38)32-59-43-30-36(53-47(60)41-19-11-25-57(41)49(62)45(55-51(64)67-2)34-14-6-4-7-15-34)21-23-39(43)40-24-22-37(31-44(40)59)54-48(61)42-20-12-26-58(42)50(63)46(56-52(65)68-3)35-16-8-5-9-17-35/h4-10,13-18,21-24,29-31,41-42,45-46H,11-12,19-20,25-28,32H2,1-3H3,(H,53,60)(H,54,61)(H,55,64)(H,56,65)/t41-,42-,45+,46+/m0/s1. The van der Waals surface area contributed by atoms with E-state index in [0.29, 0.717) is 86.8 Å². The molecule has 0 aliphatic carbocycles. The normalized spacial score (nSPS) is 16.4. The molecule has 4 N–H and O–H groups in total. The monoisotopic (exact) mass is 937 g/mol. The number of nitrogens with one attached hydrogen (secondary N) is 4. The number of rotatable bonds is 16. The predicted octanol–water partition coefficient (Wildman–Crippen LogP) is 6.92. The van der Waals surface area contributed by atoms with Crippen LogP contribution in [0.25, 0.3) is 21.8 Å². The molecule has 0 radical (unpaired) electrons. The van der Waals surface area contributed by atoms with E-state index in [0.717, 1.165) is 27.4 Å². The van der Waals surface area contributed by atoms with E-state index in [9.17, 15) is 28.8 Å². The Bertz CT molecular complexity index is 2670. The number of aromatic nitrogens is 1. The molecule has 3 heterocycles. The van der Waals surface area contributed by atoms with Crippen LogP contribution in [0.3, 0.4) is 0 Å². The van der Waals surface area contributed by atoms with E-state index in [-0.39, 0.29) is 11.8 Å². The second-order valence-electron chi connectivity index (χ2n) is 16.9. The van der Waals surface area contributed by atoms with Gasteiger partial charge in [0, 0.05) is 48.9 Å². The Morgan fingerprint density at radius 1 is 0.580 bits per heavy atom. The van der Waals surface area contributed by atoms with E-state index < -0.39 is 48.2 Å². The third-order valence-electron chi connectivity index (χ3n) is 12.5. The fourth-order valence-corrected chi connectivity index (χ4v) is 9.19. The largest absolute Gasteiger partial charge is 0.491 e. The maximum absolute atomic E-state index is 14.2. The molecule has 2 aliphatic rings. The lowest BCUT2D eigenvalue weighted by molar-refractivity contribution is -0.138. The third kappa shape index (κ3) is 10.8. The summed E-state index contributed by atoms with van der Waals surface area (Å²) in [5.41, 5.74) is 4.65. The molecule has 69 heavy (non-hydrogen) atoms. The number of fused-ring (bicyclic) bond motifs is 3. The van der Waals surface area contributed by atoms with Gasteiger partial charge in [-0.05, 0) is 78.8 Å². The van der Waals surface area contributed by atoms with Crippen LogP contribution < -0.4 is 26.0 Å². The minimum atomic E-state index is -1.06. The van der Waals surface area contributed by atoms with E-state index in [1.54, 1.807) is 55.6 Å². The van der Waals surface area contributed by atoms with Crippen LogP contribution in [-0.2, 0) is 39.9 Å². The molecule has 6 aromatic rings. The maximum Gasteiger partial charge on any atom is 0.407 e. The van der Waals surface area contributed by atoms with Gasteiger partial charge in [-0.15, -0.1) is 0 Å². The second-order valence-corrected chi connectivity index (χ2v) is 16.9. The molecule has 17 nitrogen and oxygen atoms in total. The van der Waals surface area contributed by atoms with Crippen molar-refractivity contribution in [3.63, 3.8) is 0 Å². The van der Waals surface area contributed by atoms with Gasteiger partial charge in [0.25, 0.3) is 11.8 Å². The van der Waals surface area contributed by atoms with Crippen LogP contribution in [0.1, 0.15) is 54.5 Å². The molecular weight excluding hydrogens is 883 g/mol. The van der Waals surface area contributed by atoms with Crippen LogP contribution in [0.2, 0.25) is 0 Å². The molecule has 0 saturated carbocycles.